The maximum absolute atomic E-state index is 13.6. The van der Waals surface area contributed by atoms with Crippen LogP contribution >= 0.6 is 22.7 Å². The third-order valence-corrected chi connectivity index (χ3v) is 8.53. The molecule has 2 N–H and O–H groups in total. The van der Waals surface area contributed by atoms with Crippen molar-refractivity contribution in [3.8, 4) is 5.69 Å². The van der Waals surface area contributed by atoms with Crippen LogP contribution in [0.15, 0.2) is 75.4 Å². The molecule has 2 aliphatic rings. The Bertz CT molecular complexity index is 1410. The van der Waals surface area contributed by atoms with E-state index >= 15 is 0 Å². The van der Waals surface area contributed by atoms with Gasteiger partial charge in [0.15, 0.2) is 5.78 Å². The van der Waals surface area contributed by atoms with Gasteiger partial charge in [0, 0.05) is 33.4 Å². The van der Waals surface area contributed by atoms with E-state index in [-0.39, 0.29) is 23.2 Å². The molecule has 0 amide bonds. The Morgan fingerprint density at radius 2 is 1.81 bits per heavy atom. The van der Waals surface area contributed by atoms with E-state index < -0.39 is 0 Å². The van der Waals surface area contributed by atoms with E-state index in [9.17, 15) is 9.59 Å². The van der Waals surface area contributed by atoms with Crippen LogP contribution in [0.25, 0.3) is 5.69 Å². The number of Topliss-reactive ketones (excluding diaryl/α,β-unsaturated/α-hetero) is 1. The molecule has 0 bridgehead atoms. The summed E-state index contributed by atoms with van der Waals surface area (Å²) in [5.74, 6) is 0.651. The van der Waals surface area contributed by atoms with Crippen LogP contribution in [0, 0.1) is 6.92 Å². The summed E-state index contributed by atoms with van der Waals surface area (Å²) in [7, 11) is 0. The fourth-order valence-corrected chi connectivity index (χ4v) is 6.79. The van der Waals surface area contributed by atoms with E-state index in [0.29, 0.717) is 17.8 Å². The van der Waals surface area contributed by atoms with E-state index in [1.54, 1.807) is 27.4 Å². The van der Waals surface area contributed by atoms with Gasteiger partial charge in [-0.25, -0.2) is 4.68 Å². The summed E-state index contributed by atoms with van der Waals surface area (Å²) in [4.78, 5) is 29.5. The Hall–Kier alpha value is -3.16. The molecule has 0 saturated carbocycles. The molecule has 0 spiro atoms. The van der Waals surface area contributed by atoms with Gasteiger partial charge in [-0.15, -0.1) is 22.7 Å². The number of allylic oxidation sites excluding steroid dienone is 2. The monoisotopic (exact) mass is 459 g/mol. The average molecular weight is 460 g/mol. The van der Waals surface area contributed by atoms with Crippen LogP contribution in [0.3, 0.4) is 0 Å². The van der Waals surface area contributed by atoms with Crippen molar-refractivity contribution in [2.75, 3.05) is 5.32 Å². The van der Waals surface area contributed by atoms with Crippen molar-refractivity contribution in [1.82, 2.24) is 9.78 Å². The normalized spacial score (nSPS) is 20.1. The number of aryl methyl sites for hydroxylation is 1. The SMILES string of the molecule is Cc1ccsc1[C@H]1C2=C(C[C@H](c3cccs3)CC2=O)Nc2[nH]n(-c3ccccc3)c(=O)c21. The third kappa shape index (κ3) is 2.96. The van der Waals surface area contributed by atoms with Crippen molar-refractivity contribution in [3.05, 3.63) is 102 Å². The van der Waals surface area contributed by atoms with Gasteiger partial charge in [-0.05, 0) is 53.9 Å². The van der Waals surface area contributed by atoms with Gasteiger partial charge in [0.2, 0.25) is 0 Å². The third-order valence-electron chi connectivity index (χ3n) is 6.41. The van der Waals surface area contributed by atoms with Gasteiger partial charge in [0.05, 0.1) is 17.2 Å². The number of fused-ring (bicyclic) bond motifs is 1. The number of aromatic amines is 1. The number of carbonyl (C=O) groups excluding carboxylic acids is 1. The van der Waals surface area contributed by atoms with Gasteiger partial charge in [0.25, 0.3) is 5.56 Å². The predicted octanol–water partition coefficient (Wildman–Crippen LogP) is 5.56. The standard InChI is InChI=1S/C25H21N3O2S2/c1-14-9-11-32-23(14)21-20-17(12-15(13-18(20)29)19-8-5-10-31-19)26-24-22(21)25(30)28(27-24)16-6-3-2-4-7-16/h2-11,15,21,26-27H,12-13H2,1H3/t15-,21-/m0/s1. The fourth-order valence-electron chi connectivity index (χ4n) is 4.92. The second-order valence-electron chi connectivity index (χ2n) is 8.34. The molecule has 32 heavy (non-hydrogen) atoms. The lowest BCUT2D eigenvalue weighted by Crippen LogP contribution is -2.31. The number of carbonyl (C=O) groups is 1. The van der Waals surface area contributed by atoms with Crippen molar-refractivity contribution in [2.24, 2.45) is 0 Å². The predicted molar refractivity (Wildman–Crippen MR) is 129 cm³/mol. The minimum atomic E-state index is -0.341. The molecule has 4 heterocycles. The first-order valence-corrected chi connectivity index (χ1v) is 12.4. The molecule has 7 heteroatoms. The second-order valence-corrected chi connectivity index (χ2v) is 10.3. The molecule has 0 saturated heterocycles. The Morgan fingerprint density at radius 3 is 2.53 bits per heavy atom. The van der Waals surface area contributed by atoms with E-state index in [2.05, 4.69) is 34.9 Å². The first-order chi connectivity index (χ1) is 15.6. The molecule has 4 aromatic rings. The summed E-state index contributed by atoms with van der Waals surface area (Å²) in [5, 5.41) is 10.8. The highest BCUT2D eigenvalue weighted by atomic mass is 32.1. The fraction of sp³-hybridized carbons (Fsp3) is 0.200. The number of H-pyrrole nitrogens is 1. The van der Waals surface area contributed by atoms with Crippen molar-refractivity contribution in [2.45, 2.75) is 31.6 Å². The highest BCUT2D eigenvalue weighted by Gasteiger charge is 2.42. The lowest BCUT2D eigenvalue weighted by molar-refractivity contribution is -0.116. The van der Waals surface area contributed by atoms with Crippen molar-refractivity contribution in [3.63, 3.8) is 0 Å². The molecule has 2 atom stereocenters. The molecule has 0 radical (unpaired) electrons. The quantitative estimate of drug-likeness (QED) is 0.422. The minimum Gasteiger partial charge on any atom is -0.343 e. The van der Waals surface area contributed by atoms with Gasteiger partial charge in [-0.1, -0.05) is 24.3 Å². The molecule has 5 nitrogen and oxygen atoms in total. The summed E-state index contributed by atoms with van der Waals surface area (Å²) in [6.45, 7) is 2.05. The number of benzene rings is 1. The molecule has 0 fully saturated rings. The highest BCUT2D eigenvalue weighted by Crippen LogP contribution is 2.48. The minimum absolute atomic E-state index is 0.115. The summed E-state index contributed by atoms with van der Waals surface area (Å²) in [5.41, 5.74) is 4.09. The van der Waals surface area contributed by atoms with Gasteiger partial charge < -0.3 is 5.32 Å². The average Bonchev–Trinajstić information content (AvgIpc) is 3.54. The summed E-state index contributed by atoms with van der Waals surface area (Å²) < 4.78 is 1.58. The van der Waals surface area contributed by atoms with Crippen LogP contribution in [0.4, 0.5) is 5.82 Å². The maximum Gasteiger partial charge on any atom is 0.277 e. The number of hydrogen-bond donors (Lipinski definition) is 2. The number of nitrogens with zero attached hydrogens (tertiary/aromatic N) is 1. The molecule has 160 valence electrons. The molecule has 1 aromatic carbocycles. The van der Waals surface area contributed by atoms with Crippen LogP contribution < -0.4 is 10.9 Å². The first-order valence-electron chi connectivity index (χ1n) is 10.6. The summed E-state index contributed by atoms with van der Waals surface area (Å²) in [6.07, 6.45) is 1.25. The Kier molecular flexibility index (Phi) is 4.55. The van der Waals surface area contributed by atoms with Crippen LogP contribution in [-0.4, -0.2) is 15.6 Å². The maximum atomic E-state index is 13.6. The van der Waals surface area contributed by atoms with Crippen LogP contribution in [0.5, 0.6) is 0 Å². The Balaban J connectivity index is 1.54. The highest BCUT2D eigenvalue weighted by molar-refractivity contribution is 7.10. The van der Waals surface area contributed by atoms with Crippen LogP contribution in [-0.2, 0) is 4.79 Å². The first kappa shape index (κ1) is 19.5. The molecular formula is C25H21N3O2S2. The molecule has 0 unspecified atom stereocenters. The number of ketones is 1. The van der Waals surface area contributed by atoms with Gasteiger partial charge in [-0.2, -0.15) is 0 Å². The number of aromatic nitrogens is 2. The lowest BCUT2D eigenvalue weighted by Gasteiger charge is -2.34. The Morgan fingerprint density at radius 1 is 0.969 bits per heavy atom. The zero-order valence-electron chi connectivity index (χ0n) is 17.4. The van der Waals surface area contributed by atoms with Crippen LogP contribution in [0.1, 0.15) is 45.6 Å². The number of rotatable bonds is 3. The summed E-state index contributed by atoms with van der Waals surface area (Å²) in [6, 6.07) is 15.8. The largest absolute Gasteiger partial charge is 0.343 e. The van der Waals surface area contributed by atoms with Crippen LogP contribution in [0.2, 0.25) is 0 Å². The number of thiophene rings is 2. The molecular weight excluding hydrogens is 438 g/mol. The topological polar surface area (TPSA) is 66.9 Å². The van der Waals surface area contributed by atoms with E-state index in [4.69, 9.17) is 0 Å². The zero-order valence-corrected chi connectivity index (χ0v) is 19.1. The number of para-hydroxylation sites is 1. The van der Waals surface area contributed by atoms with Gasteiger partial charge in [-0.3, -0.25) is 14.7 Å². The number of nitrogens with one attached hydrogen (secondary N) is 2. The van der Waals surface area contributed by atoms with E-state index in [1.807, 2.05) is 41.8 Å². The number of anilines is 1. The van der Waals surface area contributed by atoms with E-state index in [0.717, 1.165) is 33.8 Å². The summed E-state index contributed by atoms with van der Waals surface area (Å²) >= 11 is 3.31. The second kappa shape index (κ2) is 7.46. The Labute approximate surface area is 193 Å². The molecule has 3 aromatic heterocycles. The zero-order chi connectivity index (χ0) is 21.8. The van der Waals surface area contributed by atoms with Gasteiger partial charge in [0.1, 0.15) is 5.82 Å². The molecule has 1 aliphatic carbocycles. The van der Waals surface area contributed by atoms with Crippen molar-refractivity contribution < 1.29 is 4.79 Å². The van der Waals surface area contributed by atoms with E-state index in [1.165, 1.54) is 4.88 Å². The van der Waals surface area contributed by atoms with Crippen molar-refractivity contribution in [1.29, 1.82) is 0 Å². The lowest BCUT2D eigenvalue weighted by atomic mass is 9.75. The number of hydrogen-bond acceptors (Lipinski definition) is 5. The smallest absolute Gasteiger partial charge is 0.277 e. The van der Waals surface area contributed by atoms with Gasteiger partial charge >= 0.3 is 0 Å². The molecule has 1 aliphatic heterocycles. The van der Waals surface area contributed by atoms with Crippen molar-refractivity contribution >= 4 is 34.3 Å². The molecule has 6 rings (SSSR count).